The minimum Gasteiger partial charge on any atom is -0.435 e. The predicted octanol–water partition coefficient (Wildman–Crippen LogP) is 3.23. The van der Waals surface area contributed by atoms with Crippen LogP contribution in [0.2, 0.25) is 0 Å². The average Bonchev–Trinajstić information content (AvgIpc) is 2.03. The highest BCUT2D eigenvalue weighted by molar-refractivity contribution is 6.25. The molecule has 0 aliphatic carbocycles. The molecule has 12 heavy (non-hydrogen) atoms. The summed E-state index contributed by atoms with van der Waals surface area (Å²) < 4.78 is 4.47. The van der Waals surface area contributed by atoms with Crippen molar-refractivity contribution in [2.75, 3.05) is 0 Å². The van der Waals surface area contributed by atoms with E-state index in [1.807, 2.05) is 6.92 Å². The van der Waals surface area contributed by atoms with E-state index in [1.54, 1.807) is 0 Å². The van der Waals surface area contributed by atoms with E-state index < -0.39 is 0 Å². The Morgan fingerprint density at radius 3 is 2.42 bits per heavy atom. The molecule has 0 N–H and O–H groups in total. The van der Waals surface area contributed by atoms with Crippen molar-refractivity contribution in [2.45, 2.75) is 26.2 Å². The van der Waals surface area contributed by atoms with Gasteiger partial charge in [0.15, 0.2) is 0 Å². The molecule has 70 valence electrons. The van der Waals surface area contributed by atoms with E-state index in [4.69, 9.17) is 11.6 Å². The molecule has 0 spiro atoms. The van der Waals surface area contributed by atoms with Crippen LogP contribution in [0.25, 0.3) is 0 Å². The molecule has 0 aromatic heterocycles. The van der Waals surface area contributed by atoms with Crippen LogP contribution in [0.3, 0.4) is 0 Å². The van der Waals surface area contributed by atoms with Gasteiger partial charge in [-0.05, 0) is 12.0 Å². The summed E-state index contributed by atoms with van der Waals surface area (Å²) in [5, 5.41) is 0. The highest BCUT2D eigenvalue weighted by atomic mass is 35.5. The molecule has 0 saturated heterocycles. The van der Waals surface area contributed by atoms with Crippen LogP contribution in [0.15, 0.2) is 25.0 Å². The topological polar surface area (TPSA) is 26.3 Å². The van der Waals surface area contributed by atoms with E-state index in [1.165, 1.54) is 5.54 Å². The number of esters is 1. The van der Waals surface area contributed by atoms with Gasteiger partial charge in [-0.3, -0.25) is 4.79 Å². The summed E-state index contributed by atoms with van der Waals surface area (Å²) in [5.74, 6) is -0.188. The van der Waals surface area contributed by atoms with E-state index in [0.29, 0.717) is 6.42 Å². The maximum Gasteiger partial charge on any atom is 0.310 e. The third-order valence-corrected chi connectivity index (χ3v) is 0.949. The summed E-state index contributed by atoms with van der Waals surface area (Å²) in [6.45, 7) is 8.42. The third-order valence-electron chi connectivity index (χ3n) is 0.949. The minimum atomic E-state index is -0.188. The van der Waals surface area contributed by atoms with E-state index in [2.05, 4.69) is 17.9 Å². The molecule has 2 nitrogen and oxygen atoms in total. The van der Waals surface area contributed by atoms with Gasteiger partial charge in [0.05, 0.1) is 6.26 Å². The molecule has 0 heterocycles. The fraction of sp³-hybridized carbons (Fsp3) is 0.444. The zero-order chi connectivity index (χ0) is 9.82. The Morgan fingerprint density at radius 2 is 2.08 bits per heavy atom. The largest absolute Gasteiger partial charge is 0.435 e. The van der Waals surface area contributed by atoms with Crippen LogP contribution >= 0.6 is 11.6 Å². The first kappa shape index (κ1) is 13.8. The van der Waals surface area contributed by atoms with E-state index in [0.717, 1.165) is 19.1 Å². The van der Waals surface area contributed by atoms with Gasteiger partial charge in [-0.15, -0.1) is 0 Å². The zero-order valence-electron chi connectivity index (χ0n) is 7.38. The first-order chi connectivity index (χ1) is 5.72. The van der Waals surface area contributed by atoms with Gasteiger partial charge in [0.1, 0.15) is 0 Å². The Labute approximate surface area is 78.9 Å². The second-order valence-electron chi connectivity index (χ2n) is 1.91. The fourth-order valence-electron chi connectivity index (χ4n) is 0.473. The van der Waals surface area contributed by atoms with Crippen molar-refractivity contribution < 1.29 is 9.53 Å². The molecule has 0 aromatic rings. The highest BCUT2D eigenvalue weighted by Gasteiger charge is 1.96. The maximum atomic E-state index is 10.5. The van der Waals surface area contributed by atoms with Crippen LogP contribution in [0, 0.1) is 0 Å². The molecule has 0 aliphatic rings. The Hall–Kier alpha value is -0.760. The smallest absolute Gasteiger partial charge is 0.310 e. The van der Waals surface area contributed by atoms with Gasteiger partial charge >= 0.3 is 5.97 Å². The van der Waals surface area contributed by atoms with Crippen molar-refractivity contribution in [3.63, 3.8) is 0 Å². The van der Waals surface area contributed by atoms with Crippen molar-refractivity contribution in [1.29, 1.82) is 0 Å². The summed E-state index contributed by atoms with van der Waals surface area (Å²) in [6, 6.07) is 0. The molecule has 0 amide bonds. The minimum absolute atomic E-state index is 0.188. The van der Waals surface area contributed by atoms with Gasteiger partial charge in [-0.25, -0.2) is 0 Å². The van der Waals surface area contributed by atoms with Crippen LogP contribution in [0.5, 0.6) is 0 Å². The molecule has 3 heteroatoms. The molecular weight excluding hydrogens is 176 g/mol. The number of halogens is 1. The average molecular weight is 191 g/mol. The van der Waals surface area contributed by atoms with Gasteiger partial charge in [0.2, 0.25) is 0 Å². The van der Waals surface area contributed by atoms with Gasteiger partial charge in [-0.2, -0.15) is 0 Å². The van der Waals surface area contributed by atoms with Gasteiger partial charge < -0.3 is 4.74 Å². The van der Waals surface area contributed by atoms with E-state index in [9.17, 15) is 4.79 Å². The molecule has 0 fully saturated rings. The van der Waals surface area contributed by atoms with Crippen molar-refractivity contribution in [2.24, 2.45) is 0 Å². The zero-order valence-corrected chi connectivity index (χ0v) is 8.14. The van der Waals surface area contributed by atoms with Crippen molar-refractivity contribution in [3.8, 4) is 0 Å². The second-order valence-corrected chi connectivity index (χ2v) is 2.22. The number of unbranched alkanes of at least 4 members (excludes halogenated alkanes) is 1. The molecule has 0 saturated carbocycles. The molecule has 0 bridgehead atoms. The predicted molar refractivity (Wildman–Crippen MR) is 51.9 cm³/mol. The van der Waals surface area contributed by atoms with Crippen LogP contribution in [0.1, 0.15) is 26.2 Å². The summed E-state index contributed by atoms with van der Waals surface area (Å²) in [4.78, 5) is 10.5. The Morgan fingerprint density at radius 1 is 1.58 bits per heavy atom. The van der Waals surface area contributed by atoms with Gasteiger partial charge in [-0.1, -0.05) is 38.1 Å². The lowest BCUT2D eigenvalue weighted by molar-refractivity contribution is -0.138. The highest BCUT2D eigenvalue weighted by Crippen LogP contribution is 1.95. The summed E-state index contributed by atoms with van der Waals surface area (Å²) in [5.41, 5.74) is 1.22. The maximum absolute atomic E-state index is 10.5. The fourth-order valence-corrected chi connectivity index (χ4v) is 0.473. The first-order valence-electron chi connectivity index (χ1n) is 3.74. The third kappa shape index (κ3) is 16.1. The van der Waals surface area contributed by atoms with Gasteiger partial charge in [0.25, 0.3) is 0 Å². The lowest BCUT2D eigenvalue weighted by Gasteiger charge is -1.94. The van der Waals surface area contributed by atoms with Crippen molar-refractivity contribution >= 4 is 17.6 Å². The quantitative estimate of drug-likeness (QED) is 0.503. The Kier molecular flexibility index (Phi) is 14.8. The molecular formula is C9H15ClO2. The molecule has 0 radical (unpaired) electrons. The Balaban J connectivity index is 0. The normalized spacial score (nSPS) is 7.50. The van der Waals surface area contributed by atoms with Crippen LogP contribution in [-0.4, -0.2) is 5.97 Å². The van der Waals surface area contributed by atoms with Crippen LogP contribution < -0.4 is 0 Å². The van der Waals surface area contributed by atoms with Crippen LogP contribution in [0.4, 0.5) is 0 Å². The first-order valence-corrected chi connectivity index (χ1v) is 4.18. The summed E-state index contributed by atoms with van der Waals surface area (Å²) >= 11 is 4.76. The number of carbonyl (C=O) groups excluding carboxylic acids is 1. The SMILES string of the molecule is C=CCl.C=COC(=O)CCCC. The lowest BCUT2D eigenvalue weighted by Crippen LogP contribution is -1.97. The summed E-state index contributed by atoms with van der Waals surface area (Å²) in [7, 11) is 0. The summed E-state index contributed by atoms with van der Waals surface area (Å²) in [6.07, 6.45) is 3.58. The molecule has 0 aromatic carbocycles. The van der Waals surface area contributed by atoms with Crippen molar-refractivity contribution in [3.05, 3.63) is 25.0 Å². The number of carbonyl (C=O) groups is 1. The molecule has 0 unspecified atom stereocenters. The standard InChI is InChI=1S/C7H12O2.C2H3Cl/c1-3-5-6-7(8)9-4-2;1-2-3/h4H,2-3,5-6H2,1H3;2H,1H2. The second kappa shape index (κ2) is 12.9. The van der Waals surface area contributed by atoms with Crippen molar-refractivity contribution in [1.82, 2.24) is 0 Å². The number of ether oxygens (including phenoxy) is 1. The molecule has 0 aliphatic heterocycles. The monoisotopic (exact) mass is 190 g/mol. The Bertz CT molecular complexity index is 132. The molecule has 0 atom stereocenters. The number of rotatable bonds is 4. The van der Waals surface area contributed by atoms with Gasteiger partial charge in [0, 0.05) is 6.42 Å². The van der Waals surface area contributed by atoms with Crippen LogP contribution in [-0.2, 0) is 9.53 Å². The van der Waals surface area contributed by atoms with E-state index >= 15 is 0 Å². The number of hydrogen-bond donors (Lipinski definition) is 0. The van der Waals surface area contributed by atoms with E-state index in [-0.39, 0.29) is 5.97 Å². The lowest BCUT2D eigenvalue weighted by atomic mass is 10.3. The molecule has 0 rings (SSSR count). The number of hydrogen-bond acceptors (Lipinski definition) is 2.